The minimum Gasteiger partial charge on any atom is -0.417 e. The van der Waals surface area contributed by atoms with Crippen molar-refractivity contribution >= 4 is 14.2 Å². The Morgan fingerprint density at radius 1 is 1.13 bits per heavy atom. The van der Waals surface area contributed by atoms with Gasteiger partial charge in [-0.05, 0) is 43.8 Å². The van der Waals surface area contributed by atoms with Gasteiger partial charge in [0.05, 0.1) is 6.10 Å². The van der Waals surface area contributed by atoms with Crippen molar-refractivity contribution in [3.8, 4) is 0 Å². The van der Waals surface area contributed by atoms with Crippen molar-refractivity contribution in [2.24, 2.45) is 0 Å². The second-order valence-corrected chi connectivity index (χ2v) is 12.7. The second-order valence-electron chi connectivity index (χ2n) is 7.91. The molecule has 23 heavy (non-hydrogen) atoms. The second kappa shape index (κ2) is 11.2. The number of carbonyl (C=O) groups is 1. The Kier molecular flexibility index (Phi) is 11.0. The highest BCUT2D eigenvalue weighted by atomic mass is 28.4. The summed E-state index contributed by atoms with van der Waals surface area (Å²) in [5.41, 5.74) is 0. The number of carbonyl (C=O) groups excluding carboxylic acids is 1. The van der Waals surface area contributed by atoms with E-state index < -0.39 is 8.32 Å². The molecule has 0 aromatic heterocycles. The van der Waals surface area contributed by atoms with E-state index in [4.69, 9.17) is 9.16 Å². The van der Waals surface area contributed by atoms with E-state index in [1.807, 2.05) is 0 Å². The van der Waals surface area contributed by atoms with Gasteiger partial charge in [-0.2, -0.15) is 0 Å². The summed E-state index contributed by atoms with van der Waals surface area (Å²) in [5.74, 6) is -0.0398. The molecule has 0 aliphatic heterocycles. The summed E-state index contributed by atoms with van der Waals surface area (Å²) >= 11 is 0. The molecule has 0 aliphatic rings. The van der Waals surface area contributed by atoms with E-state index in [-0.39, 0.29) is 17.0 Å². The van der Waals surface area contributed by atoms with Crippen LogP contribution in [0.1, 0.15) is 73.1 Å². The molecule has 1 atom stereocenters. The smallest absolute Gasteiger partial charge is 0.218 e. The minimum absolute atomic E-state index is 0.0398. The quantitative estimate of drug-likeness (QED) is 0.312. The van der Waals surface area contributed by atoms with Crippen molar-refractivity contribution in [3.63, 3.8) is 0 Å². The predicted molar refractivity (Wildman–Crippen MR) is 100 cm³/mol. The van der Waals surface area contributed by atoms with Gasteiger partial charge < -0.3 is 14.5 Å². The molecule has 0 saturated carbocycles. The fraction of sp³-hybridized carbons (Fsp3) is 0.944. The van der Waals surface area contributed by atoms with Gasteiger partial charge in [-0.3, -0.25) is 4.79 Å². The Bertz CT molecular complexity index is 327. The third-order valence-electron chi connectivity index (χ3n) is 4.71. The van der Waals surface area contributed by atoms with Crippen LogP contribution < -0.4 is 5.32 Å². The summed E-state index contributed by atoms with van der Waals surface area (Å²) in [5, 5.41) is 2.99. The first-order valence-corrected chi connectivity index (χ1v) is 12.0. The van der Waals surface area contributed by atoms with Gasteiger partial charge in [0.1, 0.15) is 6.73 Å². The van der Waals surface area contributed by atoms with Crippen molar-refractivity contribution < 1.29 is 14.0 Å². The highest BCUT2D eigenvalue weighted by Crippen LogP contribution is 2.36. The van der Waals surface area contributed by atoms with Crippen molar-refractivity contribution in [1.29, 1.82) is 0 Å². The molecule has 1 N–H and O–H groups in total. The fourth-order valence-electron chi connectivity index (χ4n) is 2.02. The van der Waals surface area contributed by atoms with E-state index in [0.29, 0.717) is 6.73 Å². The van der Waals surface area contributed by atoms with E-state index in [9.17, 15) is 4.79 Å². The van der Waals surface area contributed by atoms with E-state index in [1.54, 1.807) is 0 Å². The van der Waals surface area contributed by atoms with Crippen LogP contribution in [0, 0.1) is 0 Å². The Morgan fingerprint density at radius 3 is 2.26 bits per heavy atom. The van der Waals surface area contributed by atoms with E-state index in [0.717, 1.165) is 32.3 Å². The van der Waals surface area contributed by atoms with Gasteiger partial charge in [-0.15, -0.1) is 0 Å². The maximum Gasteiger partial charge on any atom is 0.218 e. The molecule has 138 valence electrons. The number of amides is 1. The van der Waals surface area contributed by atoms with Crippen LogP contribution in [0.2, 0.25) is 18.1 Å². The van der Waals surface area contributed by atoms with Crippen molar-refractivity contribution in [1.82, 2.24) is 5.32 Å². The lowest BCUT2D eigenvalue weighted by Gasteiger charge is -2.36. The number of unbranched alkanes of at least 4 members (excludes halogenated alkanes) is 2. The summed E-state index contributed by atoms with van der Waals surface area (Å²) < 4.78 is 12.0. The van der Waals surface area contributed by atoms with Crippen molar-refractivity contribution in [3.05, 3.63) is 0 Å². The molecule has 0 fully saturated rings. The lowest BCUT2D eigenvalue weighted by Crippen LogP contribution is -2.40. The van der Waals surface area contributed by atoms with Crippen LogP contribution in [0.4, 0.5) is 0 Å². The number of ether oxygens (including phenoxy) is 1. The molecular formula is C18H39NO3Si. The molecule has 0 aliphatic carbocycles. The fourth-order valence-corrected chi connectivity index (χ4v) is 3.11. The Morgan fingerprint density at radius 2 is 1.74 bits per heavy atom. The number of hydrogen-bond acceptors (Lipinski definition) is 3. The normalized spacial score (nSPS) is 13.9. The summed E-state index contributed by atoms with van der Waals surface area (Å²) in [6.07, 6.45) is 6.90. The minimum atomic E-state index is -1.62. The highest BCUT2D eigenvalue weighted by Gasteiger charge is 2.36. The van der Waals surface area contributed by atoms with Crippen LogP contribution in [0.3, 0.4) is 0 Å². The average molecular weight is 346 g/mol. The van der Waals surface area contributed by atoms with Crippen LogP contribution >= 0.6 is 0 Å². The number of hydrogen-bond donors (Lipinski definition) is 1. The lowest BCUT2D eigenvalue weighted by molar-refractivity contribution is -0.121. The molecule has 0 aromatic rings. The first kappa shape index (κ1) is 22.6. The summed E-state index contributed by atoms with van der Waals surface area (Å²) in [4.78, 5) is 10.9. The molecule has 0 heterocycles. The average Bonchev–Trinajstić information content (AvgIpc) is 2.41. The summed E-state index contributed by atoms with van der Waals surface area (Å²) in [6.45, 7) is 16.3. The molecule has 0 rings (SSSR count). The van der Waals surface area contributed by atoms with Gasteiger partial charge >= 0.3 is 0 Å². The molecule has 5 heteroatoms. The zero-order valence-electron chi connectivity index (χ0n) is 16.5. The molecule has 0 saturated heterocycles. The zero-order chi connectivity index (χ0) is 17.9. The van der Waals surface area contributed by atoms with Gasteiger partial charge in [0, 0.05) is 13.5 Å². The summed E-state index contributed by atoms with van der Waals surface area (Å²) in [6, 6.07) is 0. The molecule has 1 amide bonds. The number of rotatable bonds is 12. The van der Waals surface area contributed by atoms with E-state index in [1.165, 1.54) is 19.8 Å². The molecule has 0 aromatic carbocycles. The Hall–Kier alpha value is -0.393. The van der Waals surface area contributed by atoms with Gasteiger partial charge in [-0.1, -0.05) is 40.5 Å². The molecule has 0 bridgehead atoms. The lowest BCUT2D eigenvalue weighted by atomic mass is 10.1. The maximum atomic E-state index is 10.9. The van der Waals surface area contributed by atoms with Crippen LogP contribution in [0.25, 0.3) is 0 Å². The SMILES string of the molecule is CCCCC(CCCCO[Si](C)(C)C(C)(C)C)OCNC(C)=O. The van der Waals surface area contributed by atoms with Gasteiger partial charge in [0.15, 0.2) is 8.32 Å². The molecule has 0 spiro atoms. The highest BCUT2D eigenvalue weighted by molar-refractivity contribution is 6.74. The molecule has 1 unspecified atom stereocenters. The summed E-state index contributed by atoms with van der Waals surface area (Å²) in [7, 11) is -1.62. The Labute approximate surface area is 144 Å². The van der Waals surface area contributed by atoms with Gasteiger partial charge in [-0.25, -0.2) is 0 Å². The topological polar surface area (TPSA) is 47.6 Å². The van der Waals surface area contributed by atoms with Gasteiger partial charge in [0.25, 0.3) is 0 Å². The predicted octanol–water partition coefficient (Wildman–Crippen LogP) is 4.85. The molecule has 0 radical (unpaired) electrons. The molecular weight excluding hydrogens is 306 g/mol. The monoisotopic (exact) mass is 345 g/mol. The van der Waals surface area contributed by atoms with Crippen LogP contribution in [0.5, 0.6) is 0 Å². The van der Waals surface area contributed by atoms with Gasteiger partial charge in [0.2, 0.25) is 5.91 Å². The van der Waals surface area contributed by atoms with Crippen LogP contribution in [-0.2, 0) is 14.0 Å². The third-order valence-corrected chi connectivity index (χ3v) is 9.25. The first-order valence-electron chi connectivity index (χ1n) is 9.10. The Balaban J connectivity index is 3.99. The third kappa shape index (κ3) is 10.9. The van der Waals surface area contributed by atoms with Crippen LogP contribution in [0.15, 0.2) is 0 Å². The van der Waals surface area contributed by atoms with E-state index in [2.05, 4.69) is 46.1 Å². The van der Waals surface area contributed by atoms with Crippen LogP contribution in [-0.4, -0.2) is 33.7 Å². The maximum absolute atomic E-state index is 10.9. The molecule has 4 nitrogen and oxygen atoms in total. The van der Waals surface area contributed by atoms with Crippen molar-refractivity contribution in [2.45, 2.75) is 97.4 Å². The first-order chi connectivity index (χ1) is 10.6. The number of nitrogens with one attached hydrogen (secondary N) is 1. The van der Waals surface area contributed by atoms with Crippen molar-refractivity contribution in [2.75, 3.05) is 13.3 Å². The van der Waals surface area contributed by atoms with E-state index >= 15 is 0 Å². The zero-order valence-corrected chi connectivity index (χ0v) is 17.5. The largest absolute Gasteiger partial charge is 0.417 e. The standard InChI is InChI=1S/C18H39NO3Si/c1-8-9-12-17(21-15-19-16(2)20)13-10-11-14-22-23(6,7)18(3,4)5/h17H,8-15H2,1-7H3,(H,19,20).